The van der Waals surface area contributed by atoms with Gasteiger partial charge in [-0.2, -0.15) is 5.10 Å². The molecule has 1 aromatic carbocycles. The van der Waals surface area contributed by atoms with Gasteiger partial charge in [0.25, 0.3) is 0 Å². The van der Waals surface area contributed by atoms with Crippen molar-refractivity contribution >= 4 is 39.1 Å². The molecule has 0 aliphatic rings. The van der Waals surface area contributed by atoms with Gasteiger partial charge in [0.1, 0.15) is 6.04 Å². The summed E-state index contributed by atoms with van der Waals surface area (Å²) in [6, 6.07) is 5.03. The number of carbonyl (C=O) groups is 1. The van der Waals surface area contributed by atoms with Gasteiger partial charge in [-0.15, -0.1) is 0 Å². The van der Waals surface area contributed by atoms with E-state index in [1.54, 1.807) is 23.9 Å². The fraction of sp³-hybridized carbons (Fsp3) is 0.286. The Bertz CT molecular complexity index is 634. The number of nitrogens with zero attached hydrogens (tertiary/aromatic N) is 2. The molecule has 106 valence electrons. The Morgan fingerprint density at radius 3 is 2.75 bits per heavy atom. The van der Waals surface area contributed by atoms with E-state index in [0.717, 1.165) is 21.4 Å². The summed E-state index contributed by atoms with van der Waals surface area (Å²) >= 11 is 9.43. The monoisotopic (exact) mass is 355 g/mol. The number of benzene rings is 1. The first kappa shape index (κ1) is 15.1. The van der Waals surface area contributed by atoms with Crippen LogP contribution in [-0.4, -0.2) is 15.7 Å². The standard InChI is InChI=1S/C14H15BrClN3O/c1-8-12(16)5-4-6-13(8)17-14(20)10(3)19-7-11(15)9(2)18-19/h4-7,10H,1-3H3,(H,17,20). The van der Waals surface area contributed by atoms with Crippen LogP contribution in [-0.2, 0) is 4.79 Å². The van der Waals surface area contributed by atoms with Crippen LogP contribution in [0.2, 0.25) is 5.02 Å². The number of rotatable bonds is 3. The van der Waals surface area contributed by atoms with E-state index in [1.165, 1.54) is 0 Å². The summed E-state index contributed by atoms with van der Waals surface area (Å²) in [5.41, 5.74) is 2.42. The van der Waals surface area contributed by atoms with Gasteiger partial charge in [-0.1, -0.05) is 17.7 Å². The van der Waals surface area contributed by atoms with Crippen molar-refractivity contribution in [3.63, 3.8) is 0 Å². The number of nitrogens with one attached hydrogen (secondary N) is 1. The first-order valence-electron chi connectivity index (χ1n) is 6.17. The Kier molecular flexibility index (Phi) is 4.50. The van der Waals surface area contributed by atoms with Crippen LogP contribution in [0.4, 0.5) is 5.69 Å². The zero-order valence-electron chi connectivity index (χ0n) is 11.4. The van der Waals surface area contributed by atoms with Crippen LogP contribution in [0.3, 0.4) is 0 Å². The van der Waals surface area contributed by atoms with E-state index in [2.05, 4.69) is 26.3 Å². The summed E-state index contributed by atoms with van der Waals surface area (Å²) in [4.78, 5) is 12.3. The lowest BCUT2D eigenvalue weighted by Gasteiger charge is -2.14. The normalized spacial score (nSPS) is 12.2. The minimum Gasteiger partial charge on any atom is -0.324 e. The van der Waals surface area contributed by atoms with E-state index < -0.39 is 6.04 Å². The van der Waals surface area contributed by atoms with Crippen LogP contribution in [0.5, 0.6) is 0 Å². The second-order valence-electron chi connectivity index (χ2n) is 4.62. The molecular weight excluding hydrogens is 342 g/mol. The van der Waals surface area contributed by atoms with Crippen molar-refractivity contribution in [2.45, 2.75) is 26.8 Å². The van der Waals surface area contributed by atoms with Gasteiger partial charge in [-0.05, 0) is 54.4 Å². The molecule has 0 spiro atoms. The molecule has 2 rings (SSSR count). The van der Waals surface area contributed by atoms with Crippen LogP contribution in [0, 0.1) is 13.8 Å². The number of aryl methyl sites for hydroxylation is 1. The van der Waals surface area contributed by atoms with Gasteiger partial charge in [0, 0.05) is 16.9 Å². The van der Waals surface area contributed by atoms with Gasteiger partial charge in [-0.3, -0.25) is 9.48 Å². The first-order valence-corrected chi connectivity index (χ1v) is 7.34. The molecule has 1 N–H and O–H groups in total. The Morgan fingerprint density at radius 2 is 2.15 bits per heavy atom. The maximum absolute atomic E-state index is 12.3. The third-order valence-electron chi connectivity index (χ3n) is 3.16. The average molecular weight is 357 g/mol. The number of halogens is 2. The van der Waals surface area contributed by atoms with Crippen molar-refractivity contribution in [3.8, 4) is 0 Å². The van der Waals surface area contributed by atoms with Crippen LogP contribution in [0.25, 0.3) is 0 Å². The molecule has 0 aliphatic carbocycles. The third-order valence-corrected chi connectivity index (χ3v) is 4.35. The van der Waals surface area contributed by atoms with Gasteiger partial charge in [0.15, 0.2) is 0 Å². The predicted molar refractivity (Wildman–Crippen MR) is 84.2 cm³/mol. The second kappa shape index (κ2) is 5.97. The summed E-state index contributed by atoms with van der Waals surface area (Å²) in [6.45, 7) is 5.55. The van der Waals surface area contributed by atoms with E-state index in [4.69, 9.17) is 11.6 Å². The highest BCUT2D eigenvalue weighted by atomic mass is 79.9. The summed E-state index contributed by atoms with van der Waals surface area (Å²) < 4.78 is 2.52. The summed E-state index contributed by atoms with van der Waals surface area (Å²) in [6.07, 6.45) is 1.80. The van der Waals surface area contributed by atoms with Gasteiger partial charge in [0.05, 0.1) is 10.2 Å². The maximum Gasteiger partial charge on any atom is 0.248 e. The quantitative estimate of drug-likeness (QED) is 0.899. The zero-order valence-corrected chi connectivity index (χ0v) is 13.8. The van der Waals surface area contributed by atoms with Crippen molar-refractivity contribution in [1.29, 1.82) is 0 Å². The lowest BCUT2D eigenvalue weighted by molar-refractivity contribution is -0.119. The highest BCUT2D eigenvalue weighted by Crippen LogP contribution is 2.24. The number of anilines is 1. The number of amides is 1. The topological polar surface area (TPSA) is 46.9 Å². The molecule has 0 fully saturated rings. The molecule has 1 unspecified atom stereocenters. The highest BCUT2D eigenvalue weighted by molar-refractivity contribution is 9.10. The molecule has 6 heteroatoms. The second-order valence-corrected chi connectivity index (χ2v) is 5.88. The highest BCUT2D eigenvalue weighted by Gasteiger charge is 2.18. The zero-order chi connectivity index (χ0) is 14.9. The largest absolute Gasteiger partial charge is 0.324 e. The molecule has 0 saturated heterocycles. The number of hydrogen-bond acceptors (Lipinski definition) is 2. The fourth-order valence-corrected chi connectivity index (χ4v) is 2.22. The van der Waals surface area contributed by atoms with E-state index in [-0.39, 0.29) is 5.91 Å². The minimum atomic E-state index is -0.404. The summed E-state index contributed by atoms with van der Waals surface area (Å²) in [5.74, 6) is -0.134. The van der Waals surface area contributed by atoms with Crippen molar-refractivity contribution < 1.29 is 4.79 Å². The van der Waals surface area contributed by atoms with Gasteiger partial charge in [-0.25, -0.2) is 0 Å². The summed E-state index contributed by atoms with van der Waals surface area (Å²) in [5, 5.41) is 7.81. The molecule has 1 atom stereocenters. The first-order chi connectivity index (χ1) is 9.40. The molecule has 4 nitrogen and oxygen atoms in total. The molecule has 1 amide bonds. The molecule has 2 aromatic rings. The Morgan fingerprint density at radius 1 is 1.45 bits per heavy atom. The van der Waals surface area contributed by atoms with E-state index >= 15 is 0 Å². The van der Waals surface area contributed by atoms with Crippen molar-refractivity contribution in [1.82, 2.24) is 9.78 Å². The van der Waals surface area contributed by atoms with E-state index in [1.807, 2.05) is 26.0 Å². The number of carbonyl (C=O) groups excluding carboxylic acids is 1. The number of aromatic nitrogens is 2. The molecular formula is C14H15BrClN3O. The molecule has 1 heterocycles. The number of hydrogen-bond donors (Lipinski definition) is 1. The smallest absolute Gasteiger partial charge is 0.248 e. The Hall–Kier alpha value is -1.33. The lowest BCUT2D eigenvalue weighted by atomic mass is 10.2. The maximum atomic E-state index is 12.3. The molecule has 0 aliphatic heterocycles. The Labute approximate surface area is 131 Å². The van der Waals surface area contributed by atoms with Crippen molar-refractivity contribution in [3.05, 3.63) is 45.1 Å². The minimum absolute atomic E-state index is 0.134. The Balaban J connectivity index is 2.17. The SMILES string of the molecule is Cc1nn(C(C)C(=O)Nc2cccc(Cl)c2C)cc1Br. The van der Waals surface area contributed by atoms with Crippen molar-refractivity contribution in [2.75, 3.05) is 5.32 Å². The van der Waals surface area contributed by atoms with Crippen LogP contribution in [0.1, 0.15) is 24.2 Å². The predicted octanol–water partition coefficient (Wildman–Crippen LogP) is 4.12. The molecule has 0 radical (unpaired) electrons. The molecule has 0 saturated carbocycles. The van der Waals surface area contributed by atoms with Crippen LogP contribution < -0.4 is 5.32 Å². The third kappa shape index (κ3) is 3.04. The van der Waals surface area contributed by atoms with Gasteiger partial charge < -0.3 is 5.32 Å². The molecule has 0 bridgehead atoms. The van der Waals surface area contributed by atoms with E-state index in [0.29, 0.717) is 5.02 Å². The molecule has 1 aromatic heterocycles. The van der Waals surface area contributed by atoms with Crippen LogP contribution >= 0.6 is 27.5 Å². The lowest BCUT2D eigenvalue weighted by Crippen LogP contribution is -2.24. The van der Waals surface area contributed by atoms with Crippen LogP contribution in [0.15, 0.2) is 28.9 Å². The molecule has 20 heavy (non-hydrogen) atoms. The summed E-state index contributed by atoms with van der Waals surface area (Å²) in [7, 11) is 0. The average Bonchev–Trinajstić information content (AvgIpc) is 2.74. The van der Waals surface area contributed by atoms with E-state index in [9.17, 15) is 4.79 Å². The van der Waals surface area contributed by atoms with Gasteiger partial charge in [0.2, 0.25) is 5.91 Å². The fourth-order valence-electron chi connectivity index (χ4n) is 1.76. The van der Waals surface area contributed by atoms with Crippen molar-refractivity contribution in [2.24, 2.45) is 0 Å². The van der Waals surface area contributed by atoms with Gasteiger partial charge >= 0.3 is 0 Å².